The van der Waals surface area contributed by atoms with Gasteiger partial charge in [0.25, 0.3) is 0 Å². The Hall–Kier alpha value is -3.45. The molecule has 0 radical (unpaired) electrons. The van der Waals surface area contributed by atoms with Crippen LogP contribution in [0.15, 0.2) is 54.6 Å². The predicted molar refractivity (Wildman–Crippen MR) is 140 cm³/mol. The van der Waals surface area contributed by atoms with Gasteiger partial charge in [-0.25, -0.2) is 14.2 Å². The fourth-order valence-corrected chi connectivity index (χ4v) is 5.53. The molecule has 0 aliphatic heterocycles. The number of anilines is 1. The van der Waals surface area contributed by atoms with Crippen LogP contribution in [0.5, 0.6) is 5.75 Å². The van der Waals surface area contributed by atoms with Crippen molar-refractivity contribution < 1.29 is 19.0 Å². The number of hydrogen-bond donors (Lipinski definition) is 1. The number of halogens is 1. The molecule has 1 aromatic heterocycles. The minimum absolute atomic E-state index is 0.0406. The Labute approximate surface area is 208 Å². The number of methoxy groups -OCH3 is 1. The predicted octanol–water partition coefficient (Wildman–Crippen LogP) is 6.96. The highest BCUT2D eigenvalue weighted by Crippen LogP contribution is 2.37. The number of benzene rings is 3. The van der Waals surface area contributed by atoms with Crippen LogP contribution in [0.4, 0.5) is 9.52 Å². The number of carboxylic acids is 1. The van der Waals surface area contributed by atoms with Gasteiger partial charge in [0.15, 0.2) is 5.13 Å². The summed E-state index contributed by atoms with van der Waals surface area (Å²) in [5.74, 6) is -0.352. The average Bonchev–Trinajstić information content (AvgIpc) is 3.30. The van der Waals surface area contributed by atoms with E-state index in [1.54, 1.807) is 25.3 Å². The molecular weight excluding hydrogens is 463 g/mol. The Bertz CT molecular complexity index is 1350. The lowest BCUT2D eigenvalue weighted by atomic mass is 9.98. The van der Waals surface area contributed by atoms with Crippen molar-refractivity contribution >= 4 is 32.7 Å². The molecule has 1 atom stereocenters. The highest BCUT2D eigenvalue weighted by Gasteiger charge is 2.24. The number of carbonyl (C=O) groups is 1. The van der Waals surface area contributed by atoms with Gasteiger partial charge in [0.1, 0.15) is 11.6 Å². The lowest BCUT2D eigenvalue weighted by Gasteiger charge is -2.32. The van der Waals surface area contributed by atoms with E-state index in [1.807, 2.05) is 24.3 Å². The lowest BCUT2D eigenvalue weighted by Crippen LogP contribution is -2.30. The van der Waals surface area contributed by atoms with E-state index >= 15 is 0 Å². The van der Waals surface area contributed by atoms with Gasteiger partial charge in [-0.3, -0.25) is 0 Å². The first kappa shape index (κ1) is 24.7. The van der Waals surface area contributed by atoms with Crippen LogP contribution in [0.2, 0.25) is 0 Å². The maximum atomic E-state index is 14.5. The molecule has 0 bridgehead atoms. The fourth-order valence-electron chi connectivity index (χ4n) is 4.48. The topological polar surface area (TPSA) is 62.7 Å². The van der Waals surface area contributed by atoms with Crippen molar-refractivity contribution in [3.05, 3.63) is 88.2 Å². The second-order valence-electron chi connectivity index (χ2n) is 8.56. The van der Waals surface area contributed by atoms with Crippen LogP contribution in [0.3, 0.4) is 0 Å². The fraction of sp³-hybridized carbons (Fsp3) is 0.286. The van der Waals surface area contributed by atoms with Gasteiger partial charge in [-0.1, -0.05) is 42.5 Å². The van der Waals surface area contributed by atoms with Gasteiger partial charge >= 0.3 is 5.97 Å². The monoisotopic (exact) mass is 492 g/mol. The maximum Gasteiger partial charge on any atom is 0.335 e. The smallest absolute Gasteiger partial charge is 0.335 e. The van der Waals surface area contributed by atoms with E-state index in [1.165, 1.54) is 28.5 Å². The first-order chi connectivity index (χ1) is 16.8. The van der Waals surface area contributed by atoms with Crippen molar-refractivity contribution in [2.24, 2.45) is 0 Å². The van der Waals surface area contributed by atoms with Crippen molar-refractivity contribution in [1.82, 2.24) is 4.98 Å². The second-order valence-corrected chi connectivity index (χ2v) is 9.53. The molecule has 7 heteroatoms. The molecular formula is C28H29FN2O3S. The third-order valence-corrected chi connectivity index (χ3v) is 7.71. The molecule has 35 heavy (non-hydrogen) atoms. The summed E-state index contributed by atoms with van der Waals surface area (Å²) in [5.41, 5.74) is 5.43. The summed E-state index contributed by atoms with van der Waals surface area (Å²) >= 11 is 1.35. The Morgan fingerprint density at radius 2 is 1.86 bits per heavy atom. The number of rotatable bonds is 9. The maximum absolute atomic E-state index is 14.5. The molecule has 0 fully saturated rings. The zero-order valence-corrected chi connectivity index (χ0v) is 21.2. The van der Waals surface area contributed by atoms with E-state index in [0.717, 1.165) is 34.8 Å². The van der Waals surface area contributed by atoms with E-state index < -0.39 is 5.97 Å². The molecule has 4 aromatic rings. The first-order valence-electron chi connectivity index (χ1n) is 11.6. The SMILES string of the molecule is CCC(c1ccc(C(=O)O)cc1)N(CCc1ccc(OC)c(C)c1C)c1nc2cccc(F)c2s1. The van der Waals surface area contributed by atoms with Crippen LogP contribution in [0.1, 0.15) is 52.0 Å². The second kappa shape index (κ2) is 10.4. The number of nitrogens with zero attached hydrogens (tertiary/aromatic N) is 2. The van der Waals surface area contributed by atoms with Gasteiger partial charge in [0.2, 0.25) is 0 Å². The number of hydrogen-bond acceptors (Lipinski definition) is 5. The largest absolute Gasteiger partial charge is 0.496 e. The van der Waals surface area contributed by atoms with Crippen molar-refractivity contribution in [1.29, 1.82) is 0 Å². The highest BCUT2D eigenvalue weighted by molar-refractivity contribution is 7.22. The van der Waals surface area contributed by atoms with Crippen molar-refractivity contribution in [3.8, 4) is 5.75 Å². The molecule has 4 rings (SSSR count). The van der Waals surface area contributed by atoms with E-state index in [9.17, 15) is 14.3 Å². The zero-order chi connectivity index (χ0) is 25.1. The molecule has 0 saturated carbocycles. The van der Waals surface area contributed by atoms with Crippen LogP contribution in [0.25, 0.3) is 10.2 Å². The van der Waals surface area contributed by atoms with Crippen LogP contribution >= 0.6 is 11.3 Å². The lowest BCUT2D eigenvalue weighted by molar-refractivity contribution is 0.0697. The quantitative estimate of drug-likeness (QED) is 0.274. The molecule has 0 spiro atoms. The third kappa shape index (κ3) is 5.00. The van der Waals surface area contributed by atoms with Crippen LogP contribution < -0.4 is 9.64 Å². The van der Waals surface area contributed by atoms with Crippen molar-refractivity contribution in [3.63, 3.8) is 0 Å². The molecule has 0 amide bonds. The Morgan fingerprint density at radius 3 is 2.49 bits per heavy atom. The van der Waals surface area contributed by atoms with E-state index in [0.29, 0.717) is 16.8 Å². The van der Waals surface area contributed by atoms with Crippen LogP contribution in [-0.2, 0) is 6.42 Å². The normalized spacial score (nSPS) is 12.0. The Morgan fingerprint density at radius 1 is 1.11 bits per heavy atom. The van der Waals surface area contributed by atoms with Gasteiger partial charge < -0.3 is 14.7 Å². The number of fused-ring (bicyclic) bond motifs is 1. The van der Waals surface area contributed by atoms with Gasteiger partial charge in [0.05, 0.1) is 28.9 Å². The summed E-state index contributed by atoms with van der Waals surface area (Å²) in [7, 11) is 1.68. The van der Waals surface area contributed by atoms with Gasteiger partial charge in [-0.2, -0.15) is 0 Å². The van der Waals surface area contributed by atoms with Crippen LogP contribution in [-0.4, -0.2) is 29.7 Å². The summed E-state index contributed by atoms with van der Waals surface area (Å²) < 4.78 is 20.5. The average molecular weight is 493 g/mol. The van der Waals surface area contributed by atoms with E-state index in [2.05, 4.69) is 31.7 Å². The minimum atomic E-state index is -0.951. The molecule has 1 N–H and O–H groups in total. The van der Waals surface area contributed by atoms with Gasteiger partial charge in [-0.05, 0) is 79.3 Å². The molecule has 0 saturated heterocycles. The Kier molecular flexibility index (Phi) is 7.36. The standard InChI is InChI=1S/C28H29FN2O3S/c1-5-24(20-9-11-21(12-10-20)27(32)33)31(28-30-23-8-6-7-22(29)26(23)35-28)16-15-19-13-14-25(34-4)18(3)17(19)2/h6-14,24H,5,15-16H2,1-4H3,(H,32,33). The molecule has 1 unspecified atom stereocenters. The molecule has 5 nitrogen and oxygen atoms in total. The summed E-state index contributed by atoms with van der Waals surface area (Å²) in [6.07, 6.45) is 1.56. The first-order valence-corrected chi connectivity index (χ1v) is 12.4. The molecule has 3 aromatic carbocycles. The van der Waals surface area contributed by atoms with E-state index in [4.69, 9.17) is 9.72 Å². The number of thiazole rings is 1. The number of aromatic carboxylic acids is 1. The molecule has 0 aliphatic carbocycles. The highest BCUT2D eigenvalue weighted by atomic mass is 32.1. The summed E-state index contributed by atoms with van der Waals surface area (Å²) in [6.45, 7) is 6.93. The summed E-state index contributed by atoms with van der Waals surface area (Å²) in [6, 6.07) is 16.0. The van der Waals surface area contributed by atoms with Gasteiger partial charge in [0, 0.05) is 6.54 Å². The van der Waals surface area contributed by atoms with Gasteiger partial charge in [-0.15, -0.1) is 0 Å². The van der Waals surface area contributed by atoms with Crippen molar-refractivity contribution in [2.75, 3.05) is 18.6 Å². The summed E-state index contributed by atoms with van der Waals surface area (Å²) in [4.78, 5) is 18.3. The number of ether oxygens (including phenoxy) is 1. The third-order valence-electron chi connectivity index (χ3n) is 6.60. The van der Waals surface area contributed by atoms with Crippen molar-refractivity contribution in [2.45, 2.75) is 39.7 Å². The molecule has 0 aliphatic rings. The van der Waals surface area contributed by atoms with Crippen LogP contribution in [0, 0.1) is 19.7 Å². The number of carboxylic acid groups (broad SMARTS) is 1. The minimum Gasteiger partial charge on any atom is -0.496 e. The Balaban J connectivity index is 1.73. The molecule has 1 heterocycles. The summed E-state index contributed by atoms with van der Waals surface area (Å²) in [5, 5.41) is 10.1. The number of aromatic nitrogens is 1. The zero-order valence-electron chi connectivity index (χ0n) is 20.3. The van der Waals surface area contributed by atoms with E-state index in [-0.39, 0.29) is 17.4 Å². The molecule has 182 valence electrons.